The third-order valence-electron chi connectivity index (χ3n) is 3.76. The monoisotopic (exact) mass is 289 g/mol. The number of halogens is 1. The maximum Gasteiger partial charge on any atom is 0.133 e. The van der Waals surface area contributed by atoms with Crippen LogP contribution in [0.5, 0.6) is 0 Å². The quantitative estimate of drug-likeness (QED) is 0.883. The fourth-order valence-corrected chi connectivity index (χ4v) is 2.88. The molecular formula is C15H16FN3S. The largest absolute Gasteiger partial charge is 0.389 e. The van der Waals surface area contributed by atoms with Gasteiger partial charge in [0, 0.05) is 17.8 Å². The molecule has 0 spiro atoms. The van der Waals surface area contributed by atoms with Crippen molar-refractivity contribution in [1.82, 2.24) is 9.55 Å². The zero-order chi connectivity index (χ0) is 14.1. The zero-order valence-corrected chi connectivity index (χ0v) is 11.9. The number of nitrogens with zero attached hydrogens (tertiary/aromatic N) is 2. The summed E-state index contributed by atoms with van der Waals surface area (Å²) in [6.07, 6.45) is 6.43. The second-order valence-electron chi connectivity index (χ2n) is 5.15. The molecule has 0 saturated heterocycles. The summed E-state index contributed by atoms with van der Waals surface area (Å²) >= 11 is 4.87. The maximum absolute atomic E-state index is 13.6. The second kappa shape index (κ2) is 5.32. The van der Waals surface area contributed by atoms with E-state index in [1.165, 1.54) is 30.3 Å². The van der Waals surface area contributed by atoms with E-state index in [1.807, 2.05) is 6.33 Å². The van der Waals surface area contributed by atoms with Gasteiger partial charge in [-0.15, -0.1) is 0 Å². The SMILES string of the molecule is NC(=S)c1cc(Cn2cnc3c2CCCC3)ccc1F. The van der Waals surface area contributed by atoms with Gasteiger partial charge in [-0.2, -0.15) is 0 Å². The van der Waals surface area contributed by atoms with Gasteiger partial charge in [0.15, 0.2) is 0 Å². The summed E-state index contributed by atoms with van der Waals surface area (Å²) in [5, 5.41) is 0. The maximum atomic E-state index is 13.6. The Morgan fingerprint density at radius 1 is 1.35 bits per heavy atom. The summed E-state index contributed by atoms with van der Waals surface area (Å²) in [5.74, 6) is -0.367. The van der Waals surface area contributed by atoms with Crippen molar-refractivity contribution in [3.63, 3.8) is 0 Å². The molecule has 3 rings (SSSR count). The number of aryl methyl sites for hydroxylation is 1. The highest BCUT2D eigenvalue weighted by atomic mass is 32.1. The number of hydrogen-bond donors (Lipinski definition) is 1. The van der Waals surface area contributed by atoms with Crippen LogP contribution in [0.2, 0.25) is 0 Å². The van der Waals surface area contributed by atoms with Crippen LogP contribution in [-0.2, 0) is 19.4 Å². The van der Waals surface area contributed by atoms with E-state index in [4.69, 9.17) is 18.0 Å². The van der Waals surface area contributed by atoms with Crippen LogP contribution in [0.15, 0.2) is 24.5 Å². The first kappa shape index (κ1) is 13.2. The zero-order valence-electron chi connectivity index (χ0n) is 11.1. The number of hydrogen-bond acceptors (Lipinski definition) is 2. The summed E-state index contributed by atoms with van der Waals surface area (Å²) in [4.78, 5) is 4.56. The first-order chi connectivity index (χ1) is 9.65. The molecule has 0 unspecified atom stereocenters. The van der Waals surface area contributed by atoms with Crippen LogP contribution in [-0.4, -0.2) is 14.5 Å². The Kier molecular flexibility index (Phi) is 3.53. The topological polar surface area (TPSA) is 43.8 Å². The van der Waals surface area contributed by atoms with Gasteiger partial charge >= 0.3 is 0 Å². The number of aromatic nitrogens is 2. The molecule has 1 aliphatic carbocycles. The van der Waals surface area contributed by atoms with Gasteiger partial charge < -0.3 is 10.3 Å². The molecule has 2 N–H and O–H groups in total. The summed E-state index contributed by atoms with van der Waals surface area (Å²) < 4.78 is 15.7. The van der Waals surface area contributed by atoms with E-state index in [0.717, 1.165) is 18.4 Å². The van der Waals surface area contributed by atoms with Crippen molar-refractivity contribution in [2.45, 2.75) is 32.2 Å². The van der Waals surface area contributed by atoms with Crippen molar-refractivity contribution in [3.8, 4) is 0 Å². The lowest BCUT2D eigenvalue weighted by atomic mass is 10.0. The van der Waals surface area contributed by atoms with Crippen molar-refractivity contribution in [2.24, 2.45) is 5.73 Å². The second-order valence-corrected chi connectivity index (χ2v) is 5.59. The Bertz CT molecular complexity index is 663. The third kappa shape index (κ3) is 2.45. The minimum Gasteiger partial charge on any atom is -0.389 e. The number of thiocarbonyl (C=S) groups is 1. The molecule has 0 amide bonds. The molecule has 0 fully saturated rings. The van der Waals surface area contributed by atoms with Crippen molar-refractivity contribution in [1.29, 1.82) is 0 Å². The number of nitrogens with two attached hydrogens (primary N) is 1. The Morgan fingerprint density at radius 2 is 2.15 bits per heavy atom. The first-order valence-corrected chi connectivity index (χ1v) is 7.17. The van der Waals surface area contributed by atoms with Crippen molar-refractivity contribution < 1.29 is 4.39 Å². The standard InChI is InChI=1S/C15H16FN3S/c16-12-6-5-10(7-11(12)15(17)20)8-19-9-18-13-3-1-2-4-14(13)19/h5-7,9H,1-4,8H2,(H2,17,20). The van der Waals surface area contributed by atoms with E-state index in [2.05, 4.69) is 9.55 Å². The van der Waals surface area contributed by atoms with Gasteiger partial charge in [-0.05, 0) is 43.4 Å². The molecule has 0 atom stereocenters. The summed E-state index contributed by atoms with van der Waals surface area (Å²) in [5.41, 5.74) is 9.34. The fraction of sp³-hybridized carbons (Fsp3) is 0.333. The van der Waals surface area contributed by atoms with E-state index in [9.17, 15) is 4.39 Å². The van der Waals surface area contributed by atoms with Gasteiger partial charge in [0.1, 0.15) is 10.8 Å². The van der Waals surface area contributed by atoms with E-state index >= 15 is 0 Å². The molecule has 1 heterocycles. The van der Waals surface area contributed by atoms with Crippen LogP contribution < -0.4 is 5.73 Å². The Balaban J connectivity index is 1.90. The predicted molar refractivity (Wildman–Crippen MR) is 80.3 cm³/mol. The van der Waals surface area contributed by atoms with Crippen LogP contribution in [0.3, 0.4) is 0 Å². The number of benzene rings is 1. The number of fused-ring (bicyclic) bond motifs is 1. The lowest BCUT2D eigenvalue weighted by molar-refractivity contribution is 0.618. The van der Waals surface area contributed by atoms with Gasteiger partial charge in [0.05, 0.1) is 12.0 Å². The van der Waals surface area contributed by atoms with Crippen LogP contribution >= 0.6 is 12.2 Å². The highest BCUT2D eigenvalue weighted by molar-refractivity contribution is 7.80. The molecule has 0 aliphatic heterocycles. The molecule has 104 valence electrons. The van der Waals surface area contributed by atoms with E-state index in [0.29, 0.717) is 12.1 Å². The predicted octanol–water partition coefficient (Wildman–Crippen LogP) is 2.58. The summed E-state index contributed by atoms with van der Waals surface area (Å²) in [7, 11) is 0. The van der Waals surface area contributed by atoms with E-state index in [-0.39, 0.29) is 10.8 Å². The molecule has 20 heavy (non-hydrogen) atoms. The minimum absolute atomic E-state index is 0.0945. The van der Waals surface area contributed by atoms with Crippen LogP contribution in [0.4, 0.5) is 4.39 Å². The molecular weight excluding hydrogens is 273 g/mol. The smallest absolute Gasteiger partial charge is 0.133 e. The van der Waals surface area contributed by atoms with Crippen molar-refractivity contribution in [2.75, 3.05) is 0 Å². The molecule has 1 aromatic heterocycles. The van der Waals surface area contributed by atoms with Gasteiger partial charge in [-0.1, -0.05) is 18.3 Å². The van der Waals surface area contributed by atoms with Crippen molar-refractivity contribution in [3.05, 3.63) is 52.9 Å². The Labute approximate surface area is 122 Å². The number of rotatable bonds is 3. The Hall–Kier alpha value is -1.75. The average molecular weight is 289 g/mol. The van der Waals surface area contributed by atoms with Gasteiger partial charge in [0.2, 0.25) is 0 Å². The summed E-state index contributed by atoms with van der Waals surface area (Å²) in [6, 6.07) is 4.92. The average Bonchev–Trinajstić information content (AvgIpc) is 2.84. The molecule has 1 aromatic carbocycles. The van der Waals surface area contributed by atoms with Gasteiger partial charge in [0.25, 0.3) is 0 Å². The molecule has 1 aliphatic rings. The van der Waals surface area contributed by atoms with Gasteiger partial charge in [-0.3, -0.25) is 0 Å². The molecule has 5 heteroatoms. The molecule has 0 bridgehead atoms. The molecule has 0 radical (unpaired) electrons. The van der Waals surface area contributed by atoms with Gasteiger partial charge in [-0.25, -0.2) is 9.37 Å². The van der Waals surface area contributed by atoms with Crippen LogP contribution in [0, 0.1) is 5.82 Å². The fourth-order valence-electron chi connectivity index (χ4n) is 2.72. The molecule has 2 aromatic rings. The van der Waals surface area contributed by atoms with Crippen molar-refractivity contribution >= 4 is 17.2 Å². The summed E-state index contributed by atoms with van der Waals surface area (Å²) in [6.45, 7) is 0.679. The van der Waals surface area contributed by atoms with E-state index < -0.39 is 0 Å². The lowest BCUT2D eigenvalue weighted by Gasteiger charge is -2.14. The molecule has 0 saturated carbocycles. The minimum atomic E-state index is -0.367. The Morgan fingerprint density at radius 3 is 2.95 bits per heavy atom. The lowest BCUT2D eigenvalue weighted by Crippen LogP contribution is -2.13. The first-order valence-electron chi connectivity index (χ1n) is 6.76. The normalized spacial score (nSPS) is 14.1. The van der Waals surface area contributed by atoms with Crippen LogP contribution in [0.25, 0.3) is 0 Å². The van der Waals surface area contributed by atoms with E-state index in [1.54, 1.807) is 12.1 Å². The van der Waals surface area contributed by atoms with Crippen LogP contribution in [0.1, 0.15) is 35.4 Å². The highest BCUT2D eigenvalue weighted by Gasteiger charge is 2.15. The highest BCUT2D eigenvalue weighted by Crippen LogP contribution is 2.21. The third-order valence-corrected chi connectivity index (χ3v) is 3.98. The number of imidazole rings is 1. The molecule has 3 nitrogen and oxygen atoms in total.